The van der Waals surface area contributed by atoms with Crippen molar-refractivity contribution in [1.29, 1.82) is 0 Å². The van der Waals surface area contributed by atoms with Gasteiger partial charge in [-0.2, -0.15) is 5.10 Å². The third-order valence-electron chi connectivity index (χ3n) is 3.65. The van der Waals surface area contributed by atoms with Crippen LogP contribution in [0.15, 0.2) is 24.4 Å². The minimum Gasteiger partial charge on any atom is -0.490 e. The largest absolute Gasteiger partial charge is 0.490 e. The number of aromatic nitrogens is 2. The quantitative estimate of drug-likeness (QED) is 0.807. The SMILES string of the molecule is CCOc1ccc(CC(=O)Nc2cnn(CC)c2C)cc1OCC. The lowest BCUT2D eigenvalue weighted by molar-refractivity contribution is -0.115. The maximum absolute atomic E-state index is 12.3. The van der Waals surface area contributed by atoms with Gasteiger partial charge in [0.15, 0.2) is 11.5 Å². The van der Waals surface area contributed by atoms with Gasteiger partial charge in [-0.25, -0.2) is 0 Å². The Kier molecular flexibility index (Phi) is 6.23. The molecular weight excluding hydrogens is 306 g/mol. The molecule has 0 fully saturated rings. The summed E-state index contributed by atoms with van der Waals surface area (Å²) < 4.78 is 13.0. The molecule has 1 aromatic heterocycles. The average molecular weight is 331 g/mol. The predicted molar refractivity (Wildman–Crippen MR) is 93.8 cm³/mol. The van der Waals surface area contributed by atoms with E-state index in [9.17, 15) is 4.79 Å². The molecule has 1 aromatic carbocycles. The van der Waals surface area contributed by atoms with Crippen molar-refractivity contribution in [2.45, 2.75) is 40.7 Å². The number of benzene rings is 1. The Hall–Kier alpha value is -2.50. The van der Waals surface area contributed by atoms with Gasteiger partial charge in [-0.1, -0.05) is 6.07 Å². The van der Waals surface area contributed by atoms with Crippen molar-refractivity contribution < 1.29 is 14.3 Å². The van der Waals surface area contributed by atoms with Crippen LogP contribution in [0.5, 0.6) is 11.5 Å². The fourth-order valence-corrected chi connectivity index (χ4v) is 2.47. The smallest absolute Gasteiger partial charge is 0.228 e. The molecule has 2 aromatic rings. The molecule has 0 aliphatic carbocycles. The number of nitrogens with zero attached hydrogens (tertiary/aromatic N) is 2. The zero-order valence-corrected chi connectivity index (χ0v) is 14.8. The number of nitrogens with one attached hydrogen (secondary N) is 1. The molecule has 0 radical (unpaired) electrons. The zero-order chi connectivity index (χ0) is 17.5. The van der Waals surface area contributed by atoms with Crippen molar-refractivity contribution >= 4 is 11.6 Å². The number of ether oxygens (including phenoxy) is 2. The van der Waals surface area contributed by atoms with Gasteiger partial charge in [-0.05, 0) is 45.4 Å². The number of aryl methyl sites for hydroxylation is 1. The Balaban J connectivity index is 2.07. The minimum atomic E-state index is -0.0830. The van der Waals surface area contributed by atoms with Gasteiger partial charge in [0.1, 0.15) is 0 Å². The fourth-order valence-electron chi connectivity index (χ4n) is 2.47. The molecule has 0 spiro atoms. The Morgan fingerprint density at radius 3 is 2.50 bits per heavy atom. The Labute approximate surface area is 142 Å². The van der Waals surface area contributed by atoms with E-state index in [-0.39, 0.29) is 12.3 Å². The molecule has 6 heteroatoms. The Morgan fingerprint density at radius 2 is 1.88 bits per heavy atom. The van der Waals surface area contributed by atoms with Gasteiger partial charge in [0, 0.05) is 6.54 Å². The second-order valence-electron chi connectivity index (χ2n) is 5.33. The summed E-state index contributed by atoms with van der Waals surface area (Å²) in [6, 6.07) is 5.59. The van der Waals surface area contributed by atoms with E-state index in [4.69, 9.17) is 9.47 Å². The highest BCUT2D eigenvalue weighted by Crippen LogP contribution is 2.28. The van der Waals surface area contributed by atoms with Gasteiger partial charge in [-0.3, -0.25) is 9.48 Å². The van der Waals surface area contributed by atoms with Crippen LogP contribution >= 0.6 is 0 Å². The van der Waals surface area contributed by atoms with Crippen molar-refractivity contribution in [3.05, 3.63) is 35.7 Å². The molecule has 24 heavy (non-hydrogen) atoms. The molecule has 0 saturated carbocycles. The van der Waals surface area contributed by atoms with Crippen LogP contribution in [-0.2, 0) is 17.8 Å². The minimum absolute atomic E-state index is 0.0830. The number of rotatable bonds is 8. The summed E-state index contributed by atoms with van der Waals surface area (Å²) >= 11 is 0. The first-order chi connectivity index (χ1) is 11.6. The maximum atomic E-state index is 12.3. The van der Waals surface area contributed by atoms with Crippen LogP contribution in [0.4, 0.5) is 5.69 Å². The van der Waals surface area contributed by atoms with E-state index in [1.165, 1.54) is 0 Å². The van der Waals surface area contributed by atoms with Gasteiger partial charge < -0.3 is 14.8 Å². The Bertz CT molecular complexity index is 695. The first kappa shape index (κ1) is 17.8. The second kappa shape index (κ2) is 8.38. The number of amides is 1. The molecule has 1 heterocycles. The topological polar surface area (TPSA) is 65.4 Å². The van der Waals surface area contributed by atoms with Crippen LogP contribution in [0.3, 0.4) is 0 Å². The van der Waals surface area contributed by atoms with E-state index < -0.39 is 0 Å². The molecule has 1 amide bonds. The van der Waals surface area contributed by atoms with Crippen LogP contribution < -0.4 is 14.8 Å². The van der Waals surface area contributed by atoms with Gasteiger partial charge in [0.25, 0.3) is 0 Å². The molecule has 0 unspecified atom stereocenters. The summed E-state index contributed by atoms with van der Waals surface area (Å²) in [7, 11) is 0. The lowest BCUT2D eigenvalue weighted by Gasteiger charge is -2.12. The molecule has 0 bridgehead atoms. The summed E-state index contributed by atoms with van der Waals surface area (Å²) in [5, 5.41) is 7.14. The van der Waals surface area contributed by atoms with Crippen LogP contribution in [0, 0.1) is 6.92 Å². The van der Waals surface area contributed by atoms with E-state index >= 15 is 0 Å². The van der Waals surface area contributed by atoms with Crippen LogP contribution in [-0.4, -0.2) is 28.9 Å². The number of hydrogen-bond donors (Lipinski definition) is 1. The molecule has 2 rings (SSSR count). The van der Waals surface area contributed by atoms with Crippen molar-refractivity contribution in [3.8, 4) is 11.5 Å². The third kappa shape index (κ3) is 4.28. The highest BCUT2D eigenvalue weighted by atomic mass is 16.5. The van der Waals surface area contributed by atoms with E-state index in [1.807, 2.05) is 50.6 Å². The van der Waals surface area contributed by atoms with Crippen LogP contribution in [0.25, 0.3) is 0 Å². The summed E-state index contributed by atoms with van der Waals surface area (Å²) in [5.41, 5.74) is 2.57. The van der Waals surface area contributed by atoms with Gasteiger partial charge in [0.05, 0.1) is 37.2 Å². The van der Waals surface area contributed by atoms with Gasteiger partial charge in [0.2, 0.25) is 5.91 Å². The highest BCUT2D eigenvalue weighted by Gasteiger charge is 2.12. The fraction of sp³-hybridized carbons (Fsp3) is 0.444. The number of carbonyl (C=O) groups is 1. The molecule has 6 nitrogen and oxygen atoms in total. The molecule has 130 valence electrons. The molecule has 0 saturated heterocycles. The third-order valence-corrected chi connectivity index (χ3v) is 3.65. The van der Waals surface area contributed by atoms with Crippen molar-refractivity contribution in [3.63, 3.8) is 0 Å². The molecular formula is C18H25N3O3. The van der Waals surface area contributed by atoms with E-state index in [1.54, 1.807) is 6.20 Å². The molecule has 0 aliphatic heterocycles. The first-order valence-corrected chi connectivity index (χ1v) is 8.29. The summed E-state index contributed by atoms with van der Waals surface area (Å²) in [4.78, 5) is 12.3. The first-order valence-electron chi connectivity index (χ1n) is 8.29. The van der Waals surface area contributed by atoms with Crippen molar-refractivity contribution in [2.75, 3.05) is 18.5 Å². The normalized spacial score (nSPS) is 10.5. The summed E-state index contributed by atoms with van der Waals surface area (Å²) in [6.45, 7) is 9.69. The van der Waals surface area contributed by atoms with E-state index in [0.717, 1.165) is 23.5 Å². The van der Waals surface area contributed by atoms with Gasteiger partial charge >= 0.3 is 0 Å². The monoisotopic (exact) mass is 331 g/mol. The maximum Gasteiger partial charge on any atom is 0.228 e. The van der Waals surface area contributed by atoms with Crippen LogP contribution in [0.2, 0.25) is 0 Å². The molecule has 1 N–H and O–H groups in total. The average Bonchev–Trinajstić information content (AvgIpc) is 2.90. The molecule has 0 atom stereocenters. The standard InChI is InChI=1S/C18H25N3O3/c1-5-21-13(4)15(12-19-21)20-18(22)11-14-8-9-16(23-6-2)17(10-14)24-7-3/h8-10,12H,5-7,11H2,1-4H3,(H,20,22). The predicted octanol–water partition coefficient (Wildman–Crippen LogP) is 3.19. The number of carbonyl (C=O) groups excluding carboxylic acids is 1. The molecule has 0 aliphatic rings. The van der Waals surface area contributed by atoms with E-state index in [2.05, 4.69) is 10.4 Å². The second-order valence-corrected chi connectivity index (χ2v) is 5.33. The number of hydrogen-bond acceptors (Lipinski definition) is 4. The van der Waals surface area contributed by atoms with Crippen LogP contribution in [0.1, 0.15) is 32.0 Å². The lowest BCUT2D eigenvalue weighted by atomic mass is 10.1. The summed E-state index contributed by atoms with van der Waals surface area (Å²) in [5.74, 6) is 1.28. The zero-order valence-electron chi connectivity index (χ0n) is 14.8. The van der Waals surface area contributed by atoms with Gasteiger partial charge in [-0.15, -0.1) is 0 Å². The lowest BCUT2D eigenvalue weighted by Crippen LogP contribution is -2.15. The van der Waals surface area contributed by atoms with Crippen molar-refractivity contribution in [1.82, 2.24) is 9.78 Å². The van der Waals surface area contributed by atoms with E-state index in [0.29, 0.717) is 24.7 Å². The van der Waals surface area contributed by atoms with Crippen molar-refractivity contribution in [2.24, 2.45) is 0 Å². The Morgan fingerprint density at radius 1 is 1.17 bits per heavy atom. The highest BCUT2D eigenvalue weighted by molar-refractivity contribution is 5.92. The number of anilines is 1. The summed E-state index contributed by atoms with van der Waals surface area (Å²) in [6.07, 6.45) is 1.95.